The molecule has 186 valence electrons. The van der Waals surface area contributed by atoms with Gasteiger partial charge in [-0.1, -0.05) is 24.3 Å². The summed E-state index contributed by atoms with van der Waals surface area (Å²) in [5, 5.41) is 0. The van der Waals surface area contributed by atoms with Crippen molar-refractivity contribution in [1.29, 1.82) is 0 Å². The molecule has 7 nitrogen and oxygen atoms in total. The Bertz CT molecular complexity index is 1170. The Kier molecular flexibility index (Phi) is 7.07. The maximum atomic E-state index is 14.0. The number of rotatable bonds is 6. The van der Waals surface area contributed by atoms with Crippen molar-refractivity contribution in [2.24, 2.45) is 5.92 Å². The van der Waals surface area contributed by atoms with Gasteiger partial charge in [0.05, 0.1) is 12.9 Å². The summed E-state index contributed by atoms with van der Waals surface area (Å²) >= 11 is 0. The molecule has 1 saturated heterocycles. The average molecular weight is 501 g/mol. The van der Waals surface area contributed by atoms with Crippen LogP contribution >= 0.6 is 0 Å². The number of alkyl halides is 3. The van der Waals surface area contributed by atoms with E-state index in [4.69, 9.17) is 9.15 Å². The van der Waals surface area contributed by atoms with Crippen molar-refractivity contribution in [3.05, 3.63) is 63.7 Å². The Hall–Kier alpha value is -2.37. The van der Waals surface area contributed by atoms with Crippen LogP contribution in [0.25, 0.3) is 0 Å². The summed E-state index contributed by atoms with van der Waals surface area (Å²) in [4.78, 5) is 13.8. The lowest BCUT2D eigenvalue weighted by atomic mass is 9.98. The molecule has 1 aromatic heterocycles. The zero-order valence-electron chi connectivity index (χ0n) is 18.8. The van der Waals surface area contributed by atoms with Crippen LogP contribution < -0.4 is 10.2 Å². The monoisotopic (exact) mass is 500 g/mol. The molecule has 4 rings (SSSR count). The predicted octanol–water partition coefficient (Wildman–Crippen LogP) is 3.35. The van der Waals surface area contributed by atoms with Crippen molar-refractivity contribution in [2.45, 2.75) is 38.0 Å². The molecule has 0 spiro atoms. The van der Waals surface area contributed by atoms with Gasteiger partial charge in [-0.05, 0) is 36.3 Å². The van der Waals surface area contributed by atoms with Crippen LogP contribution in [0, 0.1) is 5.92 Å². The van der Waals surface area contributed by atoms with Gasteiger partial charge in [-0.2, -0.15) is 13.2 Å². The number of fused-ring (bicyclic) bond motifs is 1. The van der Waals surface area contributed by atoms with E-state index < -0.39 is 33.4 Å². The predicted molar refractivity (Wildman–Crippen MR) is 119 cm³/mol. The third-order valence-electron chi connectivity index (χ3n) is 6.44. The van der Waals surface area contributed by atoms with Gasteiger partial charge in [0.15, 0.2) is 6.04 Å². The quantitative estimate of drug-likeness (QED) is 0.605. The highest BCUT2D eigenvalue weighted by molar-refractivity contribution is 7.88. The summed E-state index contributed by atoms with van der Waals surface area (Å²) in [6.45, 7) is 1.19. The average Bonchev–Trinajstić information content (AvgIpc) is 2.77. The summed E-state index contributed by atoms with van der Waals surface area (Å²) in [5.74, 6) is -0.585. The zero-order chi connectivity index (χ0) is 24.5. The maximum absolute atomic E-state index is 14.0. The van der Waals surface area contributed by atoms with Crippen molar-refractivity contribution in [2.75, 3.05) is 32.5 Å². The SMILES string of the molecule is CS(=O)(=O)N1CCC(COc2coc(C(N3CCc4ccccc4C3)C(F)(F)F)cc2=O)CC1. The molecule has 2 aliphatic heterocycles. The lowest BCUT2D eigenvalue weighted by Crippen LogP contribution is -2.41. The van der Waals surface area contributed by atoms with E-state index in [9.17, 15) is 26.4 Å². The van der Waals surface area contributed by atoms with Crippen molar-refractivity contribution in [1.82, 2.24) is 9.21 Å². The highest BCUT2D eigenvalue weighted by Gasteiger charge is 2.47. The highest BCUT2D eigenvalue weighted by Crippen LogP contribution is 2.40. The largest absolute Gasteiger partial charge is 0.486 e. The van der Waals surface area contributed by atoms with Gasteiger partial charge in [0.1, 0.15) is 12.0 Å². The molecule has 2 aliphatic rings. The van der Waals surface area contributed by atoms with E-state index in [1.807, 2.05) is 18.2 Å². The topological polar surface area (TPSA) is 80.1 Å². The van der Waals surface area contributed by atoms with Gasteiger partial charge in [0.2, 0.25) is 21.2 Å². The number of piperidine rings is 1. The molecule has 1 unspecified atom stereocenters. The van der Waals surface area contributed by atoms with Crippen LogP contribution in [0.15, 0.2) is 45.8 Å². The second-order valence-electron chi connectivity index (χ2n) is 8.86. The number of nitrogens with zero attached hydrogens (tertiary/aromatic N) is 2. The van der Waals surface area contributed by atoms with Crippen LogP contribution in [0.3, 0.4) is 0 Å². The molecule has 0 amide bonds. The van der Waals surface area contributed by atoms with Crippen molar-refractivity contribution >= 4 is 10.0 Å². The van der Waals surface area contributed by atoms with E-state index in [1.54, 1.807) is 6.07 Å². The normalized spacial score (nSPS) is 19.5. The molecule has 0 bridgehead atoms. The van der Waals surface area contributed by atoms with Gasteiger partial charge in [0, 0.05) is 32.2 Å². The second kappa shape index (κ2) is 9.71. The minimum atomic E-state index is -4.63. The van der Waals surface area contributed by atoms with E-state index >= 15 is 0 Å². The molecule has 34 heavy (non-hydrogen) atoms. The van der Waals surface area contributed by atoms with Gasteiger partial charge >= 0.3 is 6.18 Å². The number of hydrogen-bond acceptors (Lipinski definition) is 6. The smallest absolute Gasteiger partial charge is 0.411 e. The fourth-order valence-corrected chi connectivity index (χ4v) is 5.44. The minimum Gasteiger partial charge on any atom is -0.486 e. The molecule has 3 heterocycles. The van der Waals surface area contributed by atoms with Crippen LogP contribution in [-0.2, 0) is 23.0 Å². The minimum absolute atomic E-state index is 0.0356. The lowest BCUT2D eigenvalue weighted by molar-refractivity contribution is -0.193. The number of hydrogen-bond donors (Lipinski definition) is 0. The molecule has 2 aromatic rings. The van der Waals surface area contributed by atoms with Gasteiger partial charge < -0.3 is 9.15 Å². The van der Waals surface area contributed by atoms with Crippen LogP contribution in [0.5, 0.6) is 5.75 Å². The number of sulfonamides is 1. The summed E-state index contributed by atoms with van der Waals surface area (Å²) in [5.41, 5.74) is 1.17. The van der Waals surface area contributed by atoms with Crippen LogP contribution in [0.4, 0.5) is 13.2 Å². The van der Waals surface area contributed by atoms with E-state index in [0.717, 1.165) is 29.7 Å². The zero-order valence-corrected chi connectivity index (χ0v) is 19.6. The summed E-state index contributed by atoms with van der Waals surface area (Å²) in [6, 6.07) is 6.20. The standard InChI is InChI=1S/C23H27F3N2O5S/c1-34(30,31)28-10-6-16(7-11-28)14-32-21-15-33-20(12-19(21)29)22(23(24,25)26)27-9-8-17-4-2-3-5-18(17)13-27/h2-5,12,15-16,22H,6-11,13-14H2,1H3. The maximum Gasteiger partial charge on any atom is 0.411 e. The Morgan fingerprint density at radius 1 is 1.15 bits per heavy atom. The van der Waals surface area contributed by atoms with E-state index in [1.165, 1.54) is 9.21 Å². The van der Waals surface area contributed by atoms with Gasteiger partial charge in [-0.15, -0.1) is 0 Å². The number of benzene rings is 1. The van der Waals surface area contributed by atoms with Crippen LogP contribution in [0.2, 0.25) is 0 Å². The van der Waals surface area contributed by atoms with Crippen molar-refractivity contribution in [3.63, 3.8) is 0 Å². The first-order valence-corrected chi connectivity index (χ1v) is 13.0. The molecule has 0 saturated carbocycles. The van der Waals surface area contributed by atoms with Crippen LogP contribution in [0.1, 0.15) is 35.8 Å². The fraction of sp³-hybridized carbons (Fsp3) is 0.522. The van der Waals surface area contributed by atoms with Crippen LogP contribution in [-0.4, -0.2) is 56.3 Å². The molecule has 1 aromatic carbocycles. The molecular weight excluding hydrogens is 473 g/mol. The molecule has 1 atom stereocenters. The lowest BCUT2D eigenvalue weighted by Gasteiger charge is -2.35. The molecule has 0 radical (unpaired) electrons. The van der Waals surface area contributed by atoms with E-state index in [-0.39, 0.29) is 31.4 Å². The fourth-order valence-electron chi connectivity index (χ4n) is 4.56. The molecule has 0 aliphatic carbocycles. The van der Waals surface area contributed by atoms with Gasteiger partial charge in [-0.25, -0.2) is 12.7 Å². The van der Waals surface area contributed by atoms with Crippen molar-refractivity contribution < 1.29 is 30.7 Å². The highest BCUT2D eigenvalue weighted by atomic mass is 32.2. The first-order chi connectivity index (χ1) is 16.0. The first-order valence-electron chi connectivity index (χ1n) is 11.1. The Labute approximate surface area is 196 Å². The van der Waals surface area contributed by atoms with Gasteiger partial charge in [-0.3, -0.25) is 9.69 Å². The third-order valence-corrected chi connectivity index (χ3v) is 7.74. The molecule has 1 fully saturated rings. The second-order valence-corrected chi connectivity index (χ2v) is 10.8. The summed E-state index contributed by atoms with van der Waals surface area (Å²) in [6.07, 6.45) is -0.899. The summed E-state index contributed by atoms with van der Waals surface area (Å²) < 4.78 is 77.5. The number of halogens is 3. The Morgan fingerprint density at radius 2 is 1.82 bits per heavy atom. The third kappa shape index (κ3) is 5.64. The molecule has 11 heteroatoms. The van der Waals surface area contributed by atoms with Crippen molar-refractivity contribution in [3.8, 4) is 5.75 Å². The molecular formula is C23H27F3N2O5S. The van der Waals surface area contributed by atoms with Gasteiger partial charge in [0.25, 0.3) is 0 Å². The molecule has 0 N–H and O–H groups in total. The van der Waals surface area contributed by atoms with E-state index in [0.29, 0.717) is 32.4 Å². The first kappa shape index (κ1) is 24.7. The Morgan fingerprint density at radius 3 is 2.44 bits per heavy atom. The number of ether oxygens (including phenoxy) is 1. The Balaban J connectivity index is 1.44. The van der Waals surface area contributed by atoms with E-state index in [2.05, 4.69) is 0 Å². The summed E-state index contributed by atoms with van der Waals surface area (Å²) in [7, 11) is -3.24.